The predicted octanol–water partition coefficient (Wildman–Crippen LogP) is 3.53. The van der Waals surface area contributed by atoms with Gasteiger partial charge >= 0.3 is 0 Å². The summed E-state index contributed by atoms with van der Waals surface area (Å²) < 4.78 is 28.3. The maximum atomic E-state index is 12.8. The van der Waals surface area contributed by atoms with E-state index in [1.54, 1.807) is 18.1 Å². The van der Waals surface area contributed by atoms with Crippen molar-refractivity contribution < 1.29 is 13.3 Å². The third kappa shape index (κ3) is 5.54. The number of benzene rings is 1. The van der Waals surface area contributed by atoms with Crippen LogP contribution in [0.2, 0.25) is 0 Å². The molecule has 1 aromatic heterocycles. The van der Waals surface area contributed by atoms with Crippen LogP contribution in [-0.4, -0.2) is 38.0 Å². The molecule has 0 spiro atoms. The van der Waals surface area contributed by atoms with Crippen molar-refractivity contribution in [3.63, 3.8) is 0 Å². The first-order valence-electron chi connectivity index (χ1n) is 10.2. The van der Waals surface area contributed by atoms with Gasteiger partial charge in [0.2, 0.25) is 10.0 Å². The highest BCUT2D eigenvalue weighted by Crippen LogP contribution is 2.31. The highest BCUT2D eigenvalue weighted by Gasteiger charge is 2.27. The van der Waals surface area contributed by atoms with Gasteiger partial charge in [0, 0.05) is 44.0 Å². The Hall–Kier alpha value is -2.52. The van der Waals surface area contributed by atoms with Crippen molar-refractivity contribution in [1.29, 1.82) is 0 Å². The fourth-order valence-corrected chi connectivity index (χ4v) is 5.08. The quantitative estimate of drug-likeness (QED) is 0.505. The summed E-state index contributed by atoms with van der Waals surface area (Å²) in [6.07, 6.45) is 5.86. The van der Waals surface area contributed by atoms with Crippen LogP contribution in [0.15, 0.2) is 47.5 Å². The van der Waals surface area contributed by atoms with Gasteiger partial charge in [-0.1, -0.05) is 13.0 Å². The number of nitrogens with one attached hydrogen (secondary N) is 1. The molecule has 1 aromatic carbocycles. The molecule has 30 heavy (non-hydrogen) atoms. The van der Waals surface area contributed by atoms with Gasteiger partial charge in [-0.05, 0) is 55.9 Å². The molecule has 1 aliphatic carbocycles. The summed E-state index contributed by atoms with van der Waals surface area (Å²) in [5.74, 6) is 0.604. The topological polar surface area (TPSA) is 105 Å². The van der Waals surface area contributed by atoms with Crippen molar-refractivity contribution in [3.05, 3.63) is 58.4 Å². The Balaban J connectivity index is 1.76. The average Bonchev–Trinajstić information content (AvgIpc) is 2.73. The Bertz CT molecular complexity index is 974. The maximum absolute atomic E-state index is 12.8. The molecule has 0 bridgehead atoms. The first-order chi connectivity index (χ1) is 14.3. The number of sulfonamides is 1. The summed E-state index contributed by atoms with van der Waals surface area (Å²) >= 11 is 0. The molecule has 1 saturated carbocycles. The molecule has 0 amide bonds. The maximum Gasteiger partial charge on any atom is 0.293 e. The Labute approximate surface area is 177 Å². The number of aromatic nitrogens is 1. The zero-order valence-corrected chi connectivity index (χ0v) is 18.1. The number of rotatable bonds is 8. The second-order valence-corrected chi connectivity index (χ2v) is 9.69. The molecule has 1 fully saturated rings. The van der Waals surface area contributed by atoms with E-state index >= 15 is 0 Å². The lowest BCUT2D eigenvalue weighted by Gasteiger charge is -2.26. The van der Waals surface area contributed by atoms with E-state index < -0.39 is 14.9 Å². The number of nitrogens with zero attached hydrogens (tertiary/aromatic N) is 3. The normalized spacial score (nSPS) is 19.4. The minimum Gasteiger partial charge on any atom is -0.369 e. The van der Waals surface area contributed by atoms with Crippen LogP contribution in [0, 0.1) is 16.0 Å². The van der Waals surface area contributed by atoms with Crippen LogP contribution >= 0.6 is 0 Å². The van der Waals surface area contributed by atoms with Gasteiger partial charge in [-0.25, -0.2) is 13.1 Å². The van der Waals surface area contributed by atoms with E-state index in [0.717, 1.165) is 37.4 Å². The molecule has 162 valence electrons. The molecule has 0 atom stereocenters. The first kappa shape index (κ1) is 22.2. The van der Waals surface area contributed by atoms with Crippen LogP contribution in [0.25, 0.3) is 0 Å². The third-order valence-corrected chi connectivity index (χ3v) is 7.15. The lowest BCUT2D eigenvalue weighted by Crippen LogP contribution is -2.37. The molecule has 0 saturated heterocycles. The molecule has 1 heterocycles. The molecule has 8 nitrogen and oxygen atoms in total. The van der Waals surface area contributed by atoms with E-state index in [1.807, 2.05) is 18.2 Å². The van der Waals surface area contributed by atoms with Crippen LogP contribution in [-0.2, 0) is 16.4 Å². The van der Waals surface area contributed by atoms with Crippen LogP contribution in [0.4, 0.5) is 11.4 Å². The van der Waals surface area contributed by atoms with E-state index in [1.165, 1.54) is 12.1 Å². The van der Waals surface area contributed by atoms with Gasteiger partial charge in [0.25, 0.3) is 5.69 Å². The number of nitro benzene ring substituents is 1. The molecule has 1 N–H and O–H groups in total. The second kappa shape index (κ2) is 9.53. The van der Waals surface area contributed by atoms with Crippen LogP contribution < -0.4 is 9.62 Å². The van der Waals surface area contributed by atoms with Crippen molar-refractivity contribution in [2.45, 2.75) is 50.0 Å². The first-order valence-corrected chi connectivity index (χ1v) is 11.7. The van der Waals surface area contributed by atoms with Gasteiger partial charge in [-0.3, -0.25) is 15.1 Å². The second-order valence-electron chi connectivity index (χ2n) is 7.98. The molecule has 2 aromatic rings. The van der Waals surface area contributed by atoms with Crippen LogP contribution in [0.5, 0.6) is 0 Å². The van der Waals surface area contributed by atoms with Crippen LogP contribution in [0.1, 0.15) is 38.3 Å². The van der Waals surface area contributed by atoms with Crippen molar-refractivity contribution in [3.8, 4) is 0 Å². The van der Waals surface area contributed by atoms with E-state index in [4.69, 9.17) is 0 Å². The molecular formula is C21H28N4O4S. The summed E-state index contributed by atoms with van der Waals surface area (Å²) in [7, 11) is -2.06. The summed E-state index contributed by atoms with van der Waals surface area (Å²) in [5, 5.41) is 11.7. The third-order valence-electron chi connectivity index (χ3n) is 5.63. The van der Waals surface area contributed by atoms with Crippen molar-refractivity contribution in [1.82, 2.24) is 9.71 Å². The fraction of sp³-hybridized carbons (Fsp3) is 0.476. The molecule has 0 unspecified atom stereocenters. The number of hydrogen-bond donors (Lipinski definition) is 1. The molecule has 3 rings (SSSR count). The van der Waals surface area contributed by atoms with E-state index in [-0.39, 0.29) is 16.6 Å². The number of hydrogen-bond acceptors (Lipinski definition) is 6. The van der Waals surface area contributed by atoms with Gasteiger partial charge in [0.1, 0.15) is 5.69 Å². The zero-order valence-electron chi connectivity index (χ0n) is 17.3. The van der Waals surface area contributed by atoms with Gasteiger partial charge in [-0.2, -0.15) is 0 Å². The van der Waals surface area contributed by atoms with E-state index in [2.05, 4.69) is 16.6 Å². The number of anilines is 1. The smallest absolute Gasteiger partial charge is 0.293 e. The van der Waals surface area contributed by atoms with E-state index in [9.17, 15) is 18.5 Å². The lowest BCUT2D eigenvalue weighted by atomic mass is 9.88. The molecule has 1 aliphatic rings. The summed E-state index contributed by atoms with van der Waals surface area (Å²) in [4.78, 5) is 17.1. The highest BCUT2D eigenvalue weighted by atomic mass is 32.2. The number of nitro groups is 1. The van der Waals surface area contributed by atoms with Crippen LogP contribution in [0.3, 0.4) is 0 Å². The number of likely N-dealkylation sites (N-methyl/N-ethyl adjacent to an activating group) is 1. The SMILES string of the molecule is CC1CCC(NS(=O)(=O)c2ccc(N(C)CCc3ccccn3)c([N+](=O)[O-])c2)CC1. The summed E-state index contributed by atoms with van der Waals surface area (Å²) in [5.41, 5.74) is 1.04. The Morgan fingerprint density at radius 2 is 1.93 bits per heavy atom. The Morgan fingerprint density at radius 1 is 1.20 bits per heavy atom. The zero-order chi connectivity index (χ0) is 21.7. The minimum atomic E-state index is -3.81. The summed E-state index contributed by atoms with van der Waals surface area (Å²) in [6, 6.07) is 9.60. The monoisotopic (exact) mass is 432 g/mol. The fourth-order valence-electron chi connectivity index (χ4n) is 3.75. The Kier molecular flexibility index (Phi) is 7.04. The van der Waals surface area contributed by atoms with Crippen molar-refractivity contribution in [2.75, 3.05) is 18.5 Å². The average molecular weight is 433 g/mol. The van der Waals surface area contributed by atoms with Crippen molar-refractivity contribution >= 4 is 21.4 Å². The largest absolute Gasteiger partial charge is 0.369 e. The molecule has 9 heteroatoms. The minimum absolute atomic E-state index is 0.0744. The molecule has 0 radical (unpaired) electrons. The lowest BCUT2D eigenvalue weighted by molar-refractivity contribution is -0.384. The van der Waals surface area contributed by atoms with Crippen molar-refractivity contribution in [2.24, 2.45) is 5.92 Å². The van der Waals surface area contributed by atoms with Gasteiger partial charge in [0.05, 0.1) is 9.82 Å². The van der Waals surface area contributed by atoms with Gasteiger partial charge < -0.3 is 4.90 Å². The predicted molar refractivity (Wildman–Crippen MR) is 116 cm³/mol. The van der Waals surface area contributed by atoms with Gasteiger partial charge in [-0.15, -0.1) is 0 Å². The number of pyridine rings is 1. The Morgan fingerprint density at radius 3 is 2.57 bits per heavy atom. The van der Waals surface area contributed by atoms with Gasteiger partial charge in [0.15, 0.2) is 0 Å². The summed E-state index contributed by atoms with van der Waals surface area (Å²) in [6.45, 7) is 2.68. The van der Waals surface area contributed by atoms with E-state index in [0.29, 0.717) is 24.6 Å². The highest BCUT2D eigenvalue weighted by molar-refractivity contribution is 7.89. The molecular weight excluding hydrogens is 404 g/mol. The standard InChI is InChI=1S/C21H28N4O4S/c1-16-6-8-18(9-7-16)23-30(28,29)19-10-11-20(21(15-19)25(26)27)24(2)14-12-17-5-3-4-13-22-17/h3-5,10-11,13,15-16,18,23H,6-9,12,14H2,1-2H3. The molecule has 0 aliphatic heterocycles.